The summed E-state index contributed by atoms with van der Waals surface area (Å²) < 4.78 is 5.40. The van der Waals surface area contributed by atoms with E-state index in [1.165, 1.54) is 25.7 Å². The summed E-state index contributed by atoms with van der Waals surface area (Å²) in [6, 6.07) is 0.201. The molecule has 3 atom stereocenters. The standard InChI is InChI=1S/C15H25NO3/c17-8-13(10-3-4-10)14(11-5-6-11)16-15(18)12-2-1-7-19-9-12/h10-14,17H,1-9H2,(H,16,18)/t12-,13-,14-/m1/s1. The van der Waals surface area contributed by atoms with Crippen molar-refractivity contribution in [3.63, 3.8) is 0 Å². The fraction of sp³-hybridized carbons (Fsp3) is 0.933. The van der Waals surface area contributed by atoms with Gasteiger partial charge in [0.25, 0.3) is 0 Å². The molecule has 1 aliphatic heterocycles. The Bertz CT molecular complexity index is 319. The third kappa shape index (κ3) is 3.29. The Morgan fingerprint density at radius 3 is 2.47 bits per heavy atom. The van der Waals surface area contributed by atoms with Crippen LogP contribution in [-0.4, -0.2) is 36.9 Å². The van der Waals surface area contributed by atoms with E-state index in [2.05, 4.69) is 5.32 Å². The van der Waals surface area contributed by atoms with Crippen molar-refractivity contribution < 1.29 is 14.6 Å². The molecule has 0 unspecified atom stereocenters. The van der Waals surface area contributed by atoms with Crippen LogP contribution in [0.5, 0.6) is 0 Å². The summed E-state index contributed by atoms with van der Waals surface area (Å²) in [5, 5.41) is 12.9. The van der Waals surface area contributed by atoms with E-state index in [0.29, 0.717) is 18.4 Å². The molecule has 3 fully saturated rings. The lowest BCUT2D eigenvalue weighted by Gasteiger charge is -2.29. The van der Waals surface area contributed by atoms with Crippen molar-refractivity contribution in [3.05, 3.63) is 0 Å². The second kappa shape index (κ2) is 5.80. The molecule has 0 spiro atoms. The van der Waals surface area contributed by atoms with Crippen molar-refractivity contribution >= 4 is 5.91 Å². The lowest BCUT2D eigenvalue weighted by Crippen LogP contribution is -2.47. The summed E-state index contributed by atoms with van der Waals surface area (Å²) in [6.07, 6.45) is 6.77. The Labute approximate surface area is 114 Å². The van der Waals surface area contributed by atoms with E-state index in [9.17, 15) is 9.90 Å². The molecule has 108 valence electrons. The van der Waals surface area contributed by atoms with Gasteiger partial charge in [-0.05, 0) is 50.4 Å². The lowest BCUT2D eigenvalue weighted by molar-refractivity contribution is -0.130. The minimum absolute atomic E-state index is 0.0218. The maximum Gasteiger partial charge on any atom is 0.225 e. The fourth-order valence-electron chi connectivity index (χ4n) is 3.34. The van der Waals surface area contributed by atoms with Gasteiger partial charge in [0.1, 0.15) is 0 Å². The highest BCUT2D eigenvalue weighted by Crippen LogP contribution is 2.45. The highest BCUT2D eigenvalue weighted by molar-refractivity contribution is 5.79. The SMILES string of the molecule is O=C(N[C@H](C1CC1)[C@H](CO)C1CC1)[C@@H]1CCCOC1. The van der Waals surface area contributed by atoms with E-state index < -0.39 is 0 Å². The number of rotatable bonds is 6. The predicted octanol–water partition coefficient (Wildman–Crippen LogP) is 1.33. The summed E-state index contributed by atoms with van der Waals surface area (Å²) in [4.78, 5) is 12.3. The number of carbonyl (C=O) groups excluding carboxylic acids is 1. The number of aliphatic hydroxyl groups is 1. The largest absolute Gasteiger partial charge is 0.396 e. The van der Waals surface area contributed by atoms with E-state index in [-0.39, 0.29) is 30.4 Å². The number of hydrogen-bond donors (Lipinski definition) is 2. The molecule has 0 bridgehead atoms. The average Bonchev–Trinajstić information content (AvgIpc) is 3.29. The summed E-state index contributed by atoms with van der Waals surface area (Å²) in [5.74, 6) is 1.69. The van der Waals surface area contributed by atoms with Crippen LogP contribution < -0.4 is 5.32 Å². The number of carbonyl (C=O) groups is 1. The maximum atomic E-state index is 12.3. The van der Waals surface area contributed by atoms with Crippen molar-refractivity contribution in [2.75, 3.05) is 19.8 Å². The zero-order chi connectivity index (χ0) is 13.2. The molecule has 3 aliphatic rings. The third-order valence-electron chi connectivity index (χ3n) is 4.87. The van der Waals surface area contributed by atoms with E-state index >= 15 is 0 Å². The second-order valence-corrected chi connectivity index (χ2v) is 6.47. The Hall–Kier alpha value is -0.610. The van der Waals surface area contributed by atoms with E-state index in [0.717, 1.165) is 19.4 Å². The van der Waals surface area contributed by atoms with Crippen molar-refractivity contribution in [1.29, 1.82) is 0 Å². The van der Waals surface area contributed by atoms with Crippen LogP contribution in [0.3, 0.4) is 0 Å². The van der Waals surface area contributed by atoms with Crippen LogP contribution in [0.4, 0.5) is 0 Å². The first-order valence-corrected chi connectivity index (χ1v) is 7.78. The van der Waals surface area contributed by atoms with Gasteiger partial charge in [0, 0.05) is 25.2 Å². The van der Waals surface area contributed by atoms with Crippen molar-refractivity contribution in [3.8, 4) is 0 Å². The van der Waals surface area contributed by atoms with Crippen LogP contribution in [0, 0.1) is 23.7 Å². The molecule has 3 rings (SSSR count). The summed E-state index contributed by atoms with van der Waals surface area (Å²) in [6.45, 7) is 1.57. The van der Waals surface area contributed by atoms with Gasteiger partial charge in [-0.3, -0.25) is 4.79 Å². The highest BCUT2D eigenvalue weighted by atomic mass is 16.5. The maximum absolute atomic E-state index is 12.3. The highest BCUT2D eigenvalue weighted by Gasteiger charge is 2.44. The Kier molecular flexibility index (Phi) is 4.08. The molecule has 1 heterocycles. The average molecular weight is 267 g/mol. The first-order chi connectivity index (χ1) is 9.29. The van der Waals surface area contributed by atoms with Gasteiger partial charge in [-0.1, -0.05) is 0 Å². The molecule has 0 aromatic rings. The van der Waals surface area contributed by atoms with E-state index in [1.807, 2.05) is 0 Å². The third-order valence-corrected chi connectivity index (χ3v) is 4.87. The van der Waals surface area contributed by atoms with Crippen LogP contribution in [0.25, 0.3) is 0 Å². The molecule has 2 N–H and O–H groups in total. The number of nitrogens with one attached hydrogen (secondary N) is 1. The van der Waals surface area contributed by atoms with Crippen molar-refractivity contribution in [2.24, 2.45) is 23.7 Å². The fourth-order valence-corrected chi connectivity index (χ4v) is 3.34. The monoisotopic (exact) mass is 267 g/mol. The molecule has 4 heteroatoms. The zero-order valence-electron chi connectivity index (χ0n) is 11.5. The van der Waals surface area contributed by atoms with Gasteiger partial charge in [-0.25, -0.2) is 0 Å². The molecule has 2 aliphatic carbocycles. The molecular formula is C15H25NO3. The minimum Gasteiger partial charge on any atom is -0.396 e. The smallest absolute Gasteiger partial charge is 0.225 e. The first-order valence-electron chi connectivity index (χ1n) is 7.78. The number of amides is 1. The number of hydrogen-bond acceptors (Lipinski definition) is 3. The van der Waals surface area contributed by atoms with Crippen LogP contribution in [0.15, 0.2) is 0 Å². The first kappa shape index (κ1) is 13.4. The molecule has 0 radical (unpaired) electrons. The van der Waals surface area contributed by atoms with E-state index in [4.69, 9.17) is 4.74 Å². The summed E-state index contributed by atoms with van der Waals surface area (Å²) in [5.41, 5.74) is 0. The Morgan fingerprint density at radius 1 is 1.21 bits per heavy atom. The molecule has 1 saturated heterocycles. The zero-order valence-corrected chi connectivity index (χ0v) is 11.5. The Balaban J connectivity index is 1.58. The topological polar surface area (TPSA) is 58.6 Å². The molecule has 0 aromatic heterocycles. The van der Waals surface area contributed by atoms with E-state index in [1.54, 1.807) is 0 Å². The van der Waals surface area contributed by atoms with Gasteiger partial charge in [0.2, 0.25) is 5.91 Å². The van der Waals surface area contributed by atoms with Crippen LogP contribution in [0.2, 0.25) is 0 Å². The summed E-state index contributed by atoms with van der Waals surface area (Å²) >= 11 is 0. The van der Waals surface area contributed by atoms with Gasteiger partial charge in [0.15, 0.2) is 0 Å². The van der Waals surface area contributed by atoms with Crippen LogP contribution >= 0.6 is 0 Å². The van der Waals surface area contributed by atoms with Crippen molar-refractivity contribution in [2.45, 2.75) is 44.6 Å². The van der Waals surface area contributed by atoms with Gasteiger partial charge >= 0.3 is 0 Å². The minimum atomic E-state index is 0.0218. The number of aliphatic hydroxyl groups excluding tert-OH is 1. The molecule has 1 amide bonds. The Morgan fingerprint density at radius 2 is 1.95 bits per heavy atom. The molecule has 0 aromatic carbocycles. The van der Waals surface area contributed by atoms with Gasteiger partial charge in [-0.2, -0.15) is 0 Å². The van der Waals surface area contributed by atoms with Crippen LogP contribution in [0.1, 0.15) is 38.5 Å². The predicted molar refractivity (Wildman–Crippen MR) is 71.5 cm³/mol. The summed E-state index contributed by atoms with van der Waals surface area (Å²) in [7, 11) is 0. The molecule has 2 saturated carbocycles. The second-order valence-electron chi connectivity index (χ2n) is 6.47. The van der Waals surface area contributed by atoms with Gasteiger partial charge in [-0.15, -0.1) is 0 Å². The van der Waals surface area contributed by atoms with Crippen LogP contribution in [-0.2, 0) is 9.53 Å². The molecule has 19 heavy (non-hydrogen) atoms. The normalized spacial score (nSPS) is 30.7. The van der Waals surface area contributed by atoms with Crippen molar-refractivity contribution in [1.82, 2.24) is 5.32 Å². The quantitative estimate of drug-likeness (QED) is 0.763. The lowest BCUT2D eigenvalue weighted by atomic mass is 9.90. The number of ether oxygens (including phenoxy) is 1. The van der Waals surface area contributed by atoms with Gasteiger partial charge < -0.3 is 15.2 Å². The van der Waals surface area contributed by atoms with Gasteiger partial charge in [0.05, 0.1) is 12.5 Å². The molecular weight excluding hydrogens is 242 g/mol. The molecule has 4 nitrogen and oxygen atoms in total.